The van der Waals surface area contributed by atoms with Gasteiger partial charge in [-0.25, -0.2) is 17.6 Å². The molecule has 0 unspecified atom stereocenters. The van der Waals surface area contributed by atoms with Crippen LogP contribution >= 0.6 is 34.8 Å². The summed E-state index contributed by atoms with van der Waals surface area (Å²) >= 11 is 17.6. The van der Waals surface area contributed by atoms with E-state index in [1.807, 2.05) is 0 Å². The van der Waals surface area contributed by atoms with E-state index in [1.54, 1.807) is 6.92 Å². The highest BCUT2D eigenvalue weighted by atomic mass is 35.5. The summed E-state index contributed by atoms with van der Waals surface area (Å²) in [6.45, 7) is 2.00. The molecule has 0 spiro atoms. The van der Waals surface area contributed by atoms with E-state index in [1.165, 1.54) is 16.8 Å². The van der Waals surface area contributed by atoms with Gasteiger partial charge in [-0.15, -0.1) is 0 Å². The largest absolute Gasteiger partial charge is 0.454 e. The maximum Gasteiger partial charge on any atom is 0.286 e. The molecule has 0 aromatic carbocycles. The minimum atomic E-state index is -3.12. The monoisotopic (exact) mass is 515 g/mol. The van der Waals surface area contributed by atoms with Crippen molar-refractivity contribution < 1.29 is 26.8 Å². The highest BCUT2D eigenvalue weighted by Gasteiger charge is 2.28. The average molecular weight is 517 g/mol. The Hall–Kier alpha value is -2.24. The van der Waals surface area contributed by atoms with Crippen LogP contribution in [0.2, 0.25) is 15.2 Å². The maximum atomic E-state index is 13.2. The van der Waals surface area contributed by atoms with Gasteiger partial charge in [-0.3, -0.25) is 14.2 Å². The van der Waals surface area contributed by atoms with E-state index in [4.69, 9.17) is 39.2 Å². The zero-order chi connectivity index (χ0) is 23.6. The van der Waals surface area contributed by atoms with Gasteiger partial charge in [0.1, 0.15) is 27.3 Å². The third-order valence-electron chi connectivity index (χ3n) is 4.39. The Labute approximate surface area is 194 Å². The second-order valence-electron chi connectivity index (χ2n) is 6.63. The van der Waals surface area contributed by atoms with Gasteiger partial charge in [0.2, 0.25) is 0 Å². The van der Waals surface area contributed by atoms with E-state index in [2.05, 4.69) is 15.5 Å². The Morgan fingerprint density at radius 3 is 2.41 bits per heavy atom. The van der Waals surface area contributed by atoms with Crippen molar-refractivity contribution in [3.05, 3.63) is 55.9 Å². The maximum absolute atomic E-state index is 13.2. The molecule has 3 heterocycles. The van der Waals surface area contributed by atoms with Crippen molar-refractivity contribution in [3.8, 4) is 0 Å². The van der Waals surface area contributed by atoms with Crippen LogP contribution in [-0.4, -0.2) is 32.0 Å². The third kappa shape index (κ3) is 5.21. The fourth-order valence-corrected chi connectivity index (χ4v) is 3.57. The number of nitrogens with zero attached hydrogens (tertiary/aromatic N) is 4. The van der Waals surface area contributed by atoms with Crippen LogP contribution < -0.4 is 5.32 Å². The van der Waals surface area contributed by atoms with E-state index in [0.717, 1.165) is 0 Å². The van der Waals surface area contributed by atoms with Gasteiger partial charge in [0, 0.05) is 13.1 Å². The fraction of sp³-hybridized carbons (Fsp3) is 0.389. The van der Waals surface area contributed by atoms with Crippen LogP contribution in [0.25, 0.3) is 0 Å². The number of amides is 1. The Balaban J connectivity index is 1.59. The molecule has 0 saturated carbocycles. The van der Waals surface area contributed by atoms with E-state index in [-0.39, 0.29) is 18.1 Å². The van der Waals surface area contributed by atoms with Crippen molar-refractivity contribution in [1.82, 2.24) is 24.9 Å². The molecule has 3 rings (SSSR count). The number of furan rings is 1. The van der Waals surface area contributed by atoms with Crippen LogP contribution in [0.1, 0.15) is 52.7 Å². The van der Waals surface area contributed by atoms with E-state index < -0.39 is 41.7 Å². The number of aromatic nitrogens is 4. The zero-order valence-corrected chi connectivity index (χ0v) is 18.7. The van der Waals surface area contributed by atoms with Crippen molar-refractivity contribution in [2.45, 2.75) is 39.3 Å². The molecule has 14 heteroatoms. The van der Waals surface area contributed by atoms with Gasteiger partial charge in [-0.2, -0.15) is 10.2 Å². The molecular formula is C18H16Cl3F4N5O2. The van der Waals surface area contributed by atoms with Gasteiger partial charge < -0.3 is 9.73 Å². The molecule has 0 aliphatic rings. The second kappa shape index (κ2) is 10.1. The smallest absolute Gasteiger partial charge is 0.286 e. The number of aryl methyl sites for hydroxylation is 2. The van der Waals surface area contributed by atoms with Crippen molar-refractivity contribution in [2.75, 3.05) is 6.54 Å². The first-order valence-electron chi connectivity index (χ1n) is 9.17. The van der Waals surface area contributed by atoms with Gasteiger partial charge in [-0.1, -0.05) is 34.8 Å². The second-order valence-corrected chi connectivity index (χ2v) is 7.75. The number of rotatable bonds is 9. The topological polar surface area (TPSA) is 77.9 Å². The summed E-state index contributed by atoms with van der Waals surface area (Å²) in [5.74, 6) is -0.565. The van der Waals surface area contributed by atoms with Crippen LogP contribution in [-0.2, 0) is 13.1 Å². The van der Waals surface area contributed by atoms with Crippen molar-refractivity contribution in [1.29, 1.82) is 0 Å². The van der Waals surface area contributed by atoms with E-state index in [0.29, 0.717) is 33.5 Å². The van der Waals surface area contributed by atoms with Gasteiger partial charge in [-0.05, 0) is 25.5 Å². The van der Waals surface area contributed by atoms with Crippen LogP contribution in [0.5, 0.6) is 0 Å². The summed E-state index contributed by atoms with van der Waals surface area (Å²) in [5.41, 5.74) is -1.20. The fourth-order valence-electron chi connectivity index (χ4n) is 2.87. The lowest BCUT2D eigenvalue weighted by Gasteiger charge is -2.06. The molecule has 174 valence electrons. The minimum absolute atomic E-state index is 0.0606. The first-order chi connectivity index (χ1) is 15.1. The summed E-state index contributed by atoms with van der Waals surface area (Å²) in [7, 11) is 0. The number of alkyl halides is 4. The standard InChI is InChI=1S/C18H16Cl3F4N5O2/c1-8-11(19)15(21)29(27-8)6-2-5-26-18(31)10-4-3-9(32-10)7-30-14(17(24)25)12(20)13(28-30)16(22)23/h3-4,16-17H,2,5-7H2,1H3,(H,26,31). The summed E-state index contributed by atoms with van der Waals surface area (Å²) in [4.78, 5) is 12.2. The lowest BCUT2D eigenvalue weighted by Crippen LogP contribution is -2.25. The van der Waals surface area contributed by atoms with E-state index in [9.17, 15) is 22.4 Å². The van der Waals surface area contributed by atoms with Crippen LogP contribution in [0.15, 0.2) is 16.5 Å². The zero-order valence-electron chi connectivity index (χ0n) is 16.4. The molecule has 0 aliphatic heterocycles. The minimum Gasteiger partial charge on any atom is -0.454 e. The molecular weight excluding hydrogens is 501 g/mol. The van der Waals surface area contributed by atoms with Gasteiger partial charge in [0.05, 0.1) is 17.3 Å². The molecule has 32 heavy (non-hydrogen) atoms. The van der Waals surface area contributed by atoms with Crippen molar-refractivity contribution in [2.24, 2.45) is 0 Å². The van der Waals surface area contributed by atoms with Crippen LogP contribution in [0.4, 0.5) is 17.6 Å². The van der Waals surface area contributed by atoms with Crippen molar-refractivity contribution in [3.63, 3.8) is 0 Å². The molecule has 3 aromatic heterocycles. The summed E-state index contributed by atoms with van der Waals surface area (Å²) in [6.07, 6.45) is -5.74. The molecule has 0 saturated heterocycles. The van der Waals surface area contributed by atoms with Gasteiger partial charge in [0.25, 0.3) is 18.8 Å². The molecule has 0 atom stereocenters. The average Bonchev–Trinajstić information content (AvgIpc) is 3.39. The highest BCUT2D eigenvalue weighted by molar-refractivity contribution is 6.41. The number of nitrogens with one attached hydrogen (secondary N) is 1. The predicted molar refractivity (Wildman–Crippen MR) is 109 cm³/mol. The van der Waals surface area contributed by atoms with E-state index >= 15 is 0 Å². The number of carbonyl (C=O) groups is 1. The lowest BCUT2D eigenvalue weighted by atomic mass is 10.3. The first-order valence-corrected chi connectivity index (χ1v) is 10.3. The van der Waals surface area contributed by atoms with Crippen molar-refractivity contribution >= 4 is 40.7 Å². The van der Waals surface area contributed by atoms with Crippen LogP contribution in [0.3, 0.4) is 0 Å². The molecule has 1 N–H and O–H groups in total. The summed E-state index contributed by atoms with van der Waals surface area (Å²) in [5, 5.41) is 10.1. The molecule has 0 radical (unpaired) electrons. The summed E-state index contributed by atoms with van der Waals surface area (Å²) in [6, 6.07) is 2.69. The third-order valence-corrected chi connectivity index (χ3v) is 5.71. The quantitative estimate of drug-likeness (QED) is 0.293. The number of hydrogen-bond acceptors (Lipinski definition) is 4. The lowest BCUT2D eigenvalue weighted by molar-refractivity contribution is 0.0922. The van der Waals surface area contributed by atoms with Gasteiger partial charge in [0.15, 0.2) is 5.76 Å². The predicted octanol–water partition coefficient (Wildman–Crippen LogP) is 5.68. The number of carbonyl (C=O) groups excluding carboxylic acids is 1. The molecule has 0 bridgehead atoms. The Bertz CT molecular complexity index is 1110. The molecule has 0 fully saturated rings. The molecule has 7 nitrogen and oxygen atoms in total. The Kier molecular flexibility index (Phi) is 7.73. The van der Waals surface area contributed by atoms with Crippen LogP contribution in [0, 0.1) is 6.92 Å². The molecule has 1 amide bonds. The number of halogens is 7. The Morgan fingerprint density at radius 1 is 1.09 bits per heavy atom. The number of hydrogen-bond donors (Lipinski definition) is 1. The molecule has 3 aromatic rings. The first kappa shape index (κ1) is 24.4. The van der Waals surface area contributed by atoms with Gasteiger partial charge >= 0.3 is 0 Å². The Morgan fingerprint density at radius 2 is 1.81 bits per heavy atom. The highest BCUT2D eigenvalue weighted by Crippen LogP contribution is 2.35. The SMILES string of the molecule is Cc1nn(CCCNC(=O)c2ccc(Cn3nc(C(F)F)c(Cl)c3C(F)F)o2)c(Cl)c1Cl. The summed E-state index contributed by atoms with van der Waals surface area (Å²) < 4.78 is 59.8. The molecule has 0 aliphatic carbocycles. The normalized spacial score (nSPS) is 11.7.